The summed E-state index contributed by atoms with van der Waals surface area (Å²) >= 11 is 12.5. The van der Waals surface area contributed by atoms with E-state index in [2.05, 4.69) is 27.0 Å². The number of halogens is 3. The lowest BCUT2D eigenvalue weighted by Gasteiger charge is -2.15. The standard InChI is InChI=1S/C17H16Cl2FN5/c1-10(2)8-21-16-12(15(19)24-17-22-9-23-25(16)17)7-6-11-13(18)4-3-5-14(11)20/h3-5,9,21H,1,6-8H2,2H3. The van der Waals surface area contributed by atoms with Crippen LogP contribution in [0.25, 0.3) is 5.78 Å². The molecule has 0 fully saturated rings. The van der Waals surface area contributed by atoms with Crippen LogP contribution in [0.3, 0.4) is 0 Å². The third-order valence-corrected chi connectivity index (χ3v) is 4.39. The molecule has 0 radical (unpaired) electrons. The molecule has 2 heterocycles. The van der Waals surface area contributed by atoms with Gasteiger partial charge in [-0.15, -0.1) is 0 Å². The molecule has 130 valence electrons. The number of hydrogen-bond acceptors (Lipinski definition) is 4. The fourth-order valence-electron chi connectivity index (χ4n) is 2.51. The first-order valence-corrected chi connectivity index (χ1v) is 8.42. The lowest BCUT2D eigenvalue weighted by molar-refractivity contribution is 0.608. The molecule has 0 amide bonds. The van der Waals surface area contributed by atoms with E-state index in [0.717, 1.165) is 11.1 Å². The second-order valence-electron chi connectivity index (χ2n) is 5.71. The third kappa shape index (κ3) is 3.75. The first-order valence-electron chi connectivity index (χ1n) is 7.66. The van der Waals surface area contributed by atoms with Crippen LogP contribution in [-0.4, -0.2) is 26.1 Å². The van der Waals surface area contributed by atoms with Crippen molar-refractivity contribution in [2.24, 2.45) is 0 Å². The molecule has 0 saturated carbocycles. The number of anilines is 1. The molecule has 0 aliphatic heterocycles. The Kier molecular flexibility index (Phi) is 5.20. The molecule has 3 aromatic rings. The SMILES string of the molecule is C=C(C)CNc1c(CCc2c(F)cccc2Cl)c(Cl)nc2ncnn12. The molecule has 0 saturated heterocycles. The highest BCUT2D eigenvalue weighted by molar-refractivity contribution is 6.31. The summed E-state index contributed by atoms with van der Waals surface area (Å²) in [5, 5.41) is 8.13. The highest BCUT2D eigenvalue weighted by Gasteiger charge is 2.17. The molecule has 25 heavy (non-hydrogen) atoms. The van der Waals surface area contributed by atoms with E-state index in [9.17, 15) is 4.39 Å². The summed E-state index contributed by atoms with van der Waals surface area (Å²) in [5.41, 5.74) is 2.12. The van der Waals surface area contributed by atoms with Crippen LogP contribution in [0.4, 0.5) is 10.2 Å². The number of rotatable bonds is 6. The van der Waals surface area contributed by atoms with Crippen molar-refractivity contribution in [2.45, 2.75) is 19.8 Å². The van der Waals surface area contributed by atoms with Gasteiger partial charge < -0.3 is 5.32 Å². The topological polar surface area (TPSA) is 55.1 Å². The fourth-order valence-corrected chi connectivity index (χ4v) is 3.03. The number of fused-ring (bicyclic) bond motifs is 1. The van der Waals surface area contributed by atoms with Crippen molar-refractivity contribution in [3.63, 3.8) is 0 Å². The van der Waals surface area contributed by atoms with Gasteiger partial charge in [-0.1, -0.05) is 41.4 Å². The molecule has 1 N–H and O–H groups in total. The fraction of sp³-hybridized carbons (Fsp3) is 0.235. The second-order valence-corrected chi connectivity index (χ2v) is 6.48. The van der Waals surface area contributed by atoms with Crippen molar-refractivity contribution < 1.29 is 4.39 Å². The van der Waals surface area contributed by atoms with Crippen molar-refractivity contribution in [3.05, 3.63) is 63.8 Å². The lowest BCUT2D eigenvalue weighted by Crippen LogP contribution is -2.13. The second kappa shape index (κ2) is 7.37. The van der Waals surface area contributed by atoms with Gasteiger partial charge in [0.1, 0.15) is 23.1 Å². The monoisotopic (exact) mass is 379 g/mol. The van der Waals surface area contributed by atoms with Crippen molar-refractivity contribution in [1.29, 1.82) is 0 Å². The summed E-state index contributed by atoms with van der Waals surface area (Å²) < 4.78 is 15.6. The Balaban J connectivity index is 1.98. The lowest BCUT2D eigenvalue weighted by atomic mass is 10.1. The van der Waals surface area contributed by atoms with Gasteiger partial charge in [0.25, 0.3) is 5.78 Å². The molecule has 8 heteroatoms. The largest absolute Gasteiger partial charge is 0.366 e. The van der Waals surface area contributed by atoms with Gasteiger partial charge in [0.2, 0.25) is 0 Å². The van der Waals surface area contributed by atoms with Crippen molar-refractivity contribution in [1.82, 2.24) is 19.6 Å². The van der Waals surface area contributed by atoms with Crippen LogP contribution in [0.2, 0.25) is 10.2 Å². The quantitative estimate of drug-likeness (QED) is 0.511. The summed E-state index contributed by atoms with van der Waals surface area (Å²) in [4.78, 5) is 8.31. The highest BCUT2D eigenvalue weighted by Crippen LogP contribution is 2.27. The molecular weight excluding hydrogens is 364 g/mol. The predicted octanol–water partition coefficient (Wildman–Crippen LogP) is 4.34. The first-order chi connectivity index (χ1) is 12.0. The third-order valence-electron chi connectivity index (χ3n) is 3.72. The van der Waals surface area contributed by atoms with E-state index in [1.54, 1.807) is 16.6 Å². The minimum Gasteiger partial charge on any atom is -0.366 e. The minimum absolute atomic E-state index is 0.303. The van der Waals surface area contributed by atoms with E-state index < -0.39 is 0 Å². The molecule has 0 atom stereocenters. The van der Waals surface area contributed by atoms with Crippen LogP contribution in [-0.2, 0) is 12.8 Å². The molecule has 2 aromatic heterocycles. The Bertz CT molecular complexity index is 918. The number of benzene rings is 1. The van der Waals surface area contributed by atoms with Crippen molar-refractivity contribution in [3.8, 4) is 0 Å². The molecule has 5 nitrogen and oxygen atoms in total. The zero-order valence-electron chi connectivity index (χ0n) is 13.6. The van der Waals surface area contributed by atoms with E-state index in [4.69, 9.17) is 23.2 Å². The molecule has 0 bridgehead atoms. The molecule has 3 rings (SSSR count). The maximum atomic E-state index is 14.0. The van der Waals surface area contributed by atoms with Crippen LogP contribution in [0.1, 0.15) is 18.1 Å². The Morgan fingerprint density at radius 3 is 2.76 bits per heavy atom. The molecule has 0 aliphatic carbocycles. The van der Waals surface area contributed by atoms with E-state index in [1.165, 1.54) is 12.4 Å². The number of hydrogen-bond donors (Lipinski definition) is 1. The normalized spacial score (nSPS) is 11.0. The molecule has 0 spiro atoms. The molecule has 0 aliphatic rings. The van der Waals surface area contributed by atoms with Gasteiger partial charge in [-0.25, -0.2) is 4.39 Å². The van der Waals surface area contributed by atoms with E-state index in [-0.39, 0.29) is 5.82 Å². The number of aromatic nitrogens is 4. The zero-order chi connectivity index (χ0) is 18.0. The van der Waals surface area contributed by atoms with Crippen LogP contribution < -0.4 is 5.32 Å². The van der Waals surface area contributed by atoms with Gasteiger partial charge in [-0.05, 0) is 31.9 Å². The molecule has 1 aromatic carbocycles. The average molecular weight is 380 g/mol. The van der Waals surface area contributed by atoms with Gasteiger partial charge in [0.15, 0.2) is 0 Å². The maximum Gasteiger partial charge on any atom is 0.255 e. The van der Waals surface area contributed by atoms with Crippen LogP contribution in [0.5, 0.6) is 0 Å². The van der Waals surface area contributed by atoms with Crippen LogP contribution in [0, 0.1) is 5.82 Å². The van der Waals surface area contributed by atoms with Gasteiger partial charge in [0, 0.05) is 22.7 Å². The minimum atomic E-state index is -0.338. The number of nitrogens with zero attached hydrogens (tertiary/aromatic N) is 4. The van der Waals surface area contributed by atoms with Gasteiger partial charge in [0.05, 0.1) is 0 Å². The van der Waals surface area contributed by atoms with Gasteiger partial charge in [-0.3, -0.25) is 0 Å². The summed E-state index contributed by atoms with van der Waals surface area (Å²) in [7, 11) is 0. The summed E-state index contributed by atoms with van der Waals surface area (Å²) in [6, 6.07) is 4.64. The Labute approximate surface area is 154 Å². The van der Waals surface area contributed by atoms with E-state index in [0.29, 0.717) is 46.7 Å². The maximum absolute atomic E-state index is 14.0. The van der Waals surface area contributed by atoms with Gasteiger partial charge in [-0.2, -0.15) is 19.6 Å². The van der Waals surface area contributed by atoms with Crippen molar-refractivity contribution in [2.75, 3.05) is 11.9 Å². The van der Waals surface area contributed by atoms with E-state index in [1.807, 2.05) is 6.92 Å². The molecule has 0 unspecified atom stereocenters. The zero-order valence-corrected chi connectivity index (χ0v) is 15.1. The predicted molar refractivity (Wildman–Crippen MR) is 97.9 cm³/mol. The molecular formula is C17H16Cl2FN5. The number of nitrogens with one attached hydrogen (secondary N) is 1. The average Bonchev–Trinajstić information content (AvgIpc) is 3.01. The first kappa shape index (κ1) is 17.6. The summed E-state index contributed by atoms with van der Waals surface area (Å²) in [6.45, 7) is 6.34. The van der Waals surface area contributed by atoms with Crippen LogP contribution in [0.15, 0.2) is 36.7 Å². The van der Waals surface area contributed by atoms with E-state index >= 15 is 0 Å². The smallest absolute Gasteiger partial charge is 0.255 e. The summed E-state index contributed by atoms with van der Waals surface area (Å²) in [6.07, 6.45) is 2.23. The van der Waals surface area contributed by atoms with Crippen LogP contribution >= 0.6 is 23.2 Å². The summed E-state index contributed by atoms with van der Waals surface area (Å²) in [5.74, 6) is 0.722. The Morgan fingerprint density at radius 2 is 2.04 bits per heavy atom. The highest BCUT2D eigenvalue weighted by atomic mass is 35.5. The Morgan fingerprint density at radius 1 is 1.28 bits per heavy atom. The van der Waals surface area contributed by atoms with Gasteiger partial charge >= 0.3 is 0 Å². The Hall–Kier alpha value is -2.18. The van der Waals surface area contributed by atoms with Crippen molar-refractivity contribution >= 4 is 34.8 Å².